The largest absolute Gasteiger partial charge is 0.270 e. The third kappa shape index (κ3) is 2.92. The molecule has 4 aromatic rings. The molecule has 0 fully saturated rings. The van der Waals surface area contributed by atoms with Gasteiger partial charge in [-0.05, 0) is 58.5 Å². The summed E-state index contributed by atoms with van der Waals surface area (Å²) in [5.41, 5.74) is 0.578. The van der Waals surface area contributed by atoms with Crippen molar-refractivity contribution < 1.29 is 17.2 Å². The highest BCUT2D eigenvalue weighted by atomic mass is 127. The normalized spacial score (nSPS) is 11.8. The molecule has 0 saturated heterocycles. The van der Waals surface area contributed by atoms with Gasteiger partial charge in [0, 0.05) is 17.1 Å². The van der Waals surface area contributed by atoms with Gasteiger partial charge in [0.2, 0.25) is 0 Å². The Morgan fingerprint density at radius 2 is 1.67 bits per heavy atom. The number of hydrogen-bond donors (Lipinski definition) is 0. The maximum absolute atomic E-state index is 14.3. The Hall–Kier alpha value is -2.33. The predicted octanol–water partition coefficient (Wildman–Crippen LogP) is 4.82. The molecule has 4 nitrogen and oxygen atoms in total. The Morgan fingerprint density at radius 1 is 0.926 bits per heavy atom. The highest BCUT2D eigenvalue weighted by Crippen LogP contribution is 2.34. The van der Waals surface area contributed by atoms with Gasteiger partial charge in [0.05, 0.1) is 8.60 Å². The quantitative estimate of drug-likeness (QED) is 0.383. The van der Waals surface area contributed by atoms with E-state index in [-0.39, 0.29) is 16.1 Å². The third-order valence-corrected chi connectivity index (χ3v) is 6.98. The number of hydrogen-bond acceptors (Lipinski definition) is 3. The SMILES string of the molecule is O=S(=O)(c1ccccc1)n1c(I)cc2c(-c3cccc(F)c3F)ccnc21. The highest BCUT2D eigenvalue weighted by Gasteiger charge is 2.24. The van der Waals surface area contributed by atoms with Gasteiger partial charge in [0.25, 0.3) is 10.0 Å². The van der Waals surface area contributed by atoms with Gasteiger partial charge in [-0.2, -0.15) is 0 Å². The molecule has 0 spiro atoms. The maximum Gasteiger partial charge on any atom is 0.270 e. The summed E-state index contributed by atoms with van der Waals surface area (Å²) in [6.07, 6.45) is 1.38. The van der Waals surface area contributed by atoms with Gasteiger partial charge in [-0.15, -0.1) is 0 Å². The van der Waals surface area contributed by atoms with E-state index in [9.17, 15) is 17.2 Å². The van der Waals surface area contributed by atoms with E-state index < -0.39 is 21.7 Å². The number of fused-ring (bicyclic) bond motifs is 1. The van der Waals surface area contributed by atoms with Gasteiger partial charge < -0.3 is 0 Å². The van der Waals surface area contributed by atoms with Crippen LogP contribution in [0.25, 0.3) is 22.2 Å². The fourth-order valence-corrected chi connectivity index (χ4v) is 5.60. The molecule has 2 heterocycles. The van der Waals surface area contributed by atoms with Crippen molar-refractivity contribution in [3.05, 3.63) is 82.2 Å². The summed E-state index contributed by atoms with van der Waals surface area (Å²) >= 11 is 1.89. The van der Waals surface area contributed by atoms with Crippen molar-refractivity contribution in [2.24, 2.45) is 0 Å². The molecule has 0 atom stereocenters. The third-order valence-electron chi connectivity index (χ3n) is 4.14. The number of aromatic nitrogens is 2. The fraction of sp³-hybridized carbons (Fsp3) is 0. The first-order valence-corrected chi connectivity index (χ1v) is 10.3. The predicted molar refractivity (Wildman–Crippen MR) is 107 cm³/mol. The van der Waals surface area contributed by atoms with Crippen molar-refractivity contribution in [3.63, 3.8) is 0 Å². The molecule has 0 N–H and O–H groups in total. The molecule has 0 amide bonds. The summed E-state index contributed by atoms with van der Waals surface area (Å²) in [5.74, 6) is -1.96. The fourth-order valence-electron chi connectivity index (χ4n) is 2.92. The lowest BCUT2D eigenvalue weighted by molar-refractivity contribution is 0.511. The van der Waals surface area contributed by atoms with Crippen LogP contribution in [0.2, 0.25) is 0 Å². The molecule has 0 unspecified atom stereocenters. The zero-order chi connectivity index (χ0) is 19.2. The molecule has 8 heteroatoms. The lowest BCUT2D eigenvalue weighted by Crippen LogP contribution is -2.14. The molecule has 27 heavy (non-hydrogen) atoms. The molecule has 136 valence electrons. The van der Waals surface area contributed by atoms with Crippen molar-refractivity contribution in [2.75, 3.05) is 0 Å². The van der Waals surface area contributed by atoms with Crippen LogP contribution in [0, 0.1) is 15.3 Å². The first-order valence-electron chi connectivity index (χ1n) is 7.82. The molecule has 0 radical (unpaired) electrons. The zero-order valence-electron chi connectivity index (χ0n) is 13.6. The van der Waals surface area contributed by atoms with Gasteiger partial charge in [-0.1, -0.05) is 30.3 Å². The van der Waals surface area contributed by atoms with Gasteiger partial charge in [0.1, 0.15) is 0 Å². The Labute approximate surface area is 167 Å². The molecule has 0 aliphatic heterocycles. The van der Waals surface area contributed by atoms with E-state index in [0.717, 1.165) is 10.0 Å². The monoisotopic (exact) mass is 496 g/mol. The molecule has 0 saturated carbocycles. The lowest BCUT2D eigenvalue weighted by atomic mass is 10.0. The Morgan fingerprint density at radius 3 is 2.41 bits per heavy atom. The Bertz CT molecular complexity index is 1270. The molecule has 2 aromatic carbocycles. The van der Waals surface area contributed by atoms with E-state index in [2.05, 4.69) is 4.98 Å². The molecular formula is C19H11F2IN2O2S. The van der Waals surface area contributed by atoms with Crippen LogP contribution in [0.5, 0.6) is 0 Å². The van der Waals surface area contributed by atoms with Crippen molar-refractivity contribution in [1.82, 2.24) is 8.96 Å². The Kier molecular flexibility index (Phi) is 4.47. The molecule has 0 bridgehead atoms. The minimum atomic E-state index is -3.89. The average Bonchev–Trinajstić information content (AvgIpc) is 3.01. The van der Waals surface area contributed by atoms with Crippen molar-refractivity contribution in [2.45, 2.75) is 4.90 Å². The van der Waals surface area contributed by atoms with E-state index >= 15 is 0 Å². The second-order valence-electron chi connectivity index (χ2n) is 5.75. The summed E-state index contributed by atoms with van der Waals surface area (Å²) < 4.78 is 55.6. The Balaban J connectivity index is 2.02. The van der Waals surface area contributed by atoms with Crippen LogP contribution in [-0.4, -0.2) is 17.4 Å². The summed E-state index contributed by atoms with van der Waals surface area (Å²) in [7, 11) is -3.89. The molecular weight excluding hydrogens is 485 g/mol. The number of halogens is 3. The van der Waals surface area contributed by atoms with Crippen LogP contribution in [-0.2, 0) is 10.0 Å². The summed E-state index contributed by atoms with van der Waals surface area (Å²) in [6, 6.07) is 15.0. The molecule has 2 aromatic heterocycles. The first kappa shape index (κ1) is 18.1. The topological polar surface area (TPSA) is 52.0 Å². The minimum absolute atomic E-state index is 0.0491. The smallest absolute Gasteiger partial charge is 0.237 e. The zero-order valence-corrected chi connectivity index (χ0v) is 16.6. The van der Waals surface area contributed by atoms with Crippen LogP contribution >= 0.6 is 22.6 Å². The summed E-state index contributed by atoms with van der Waals surface area (Å²) in [6.45, 7) is 0. The van der Waals surface area contributed by atoms with Crippen LogP contribution in [0.15, 0.2) is 71.8 Å². The van der Waals surface area contributed by atoms with E-state index in [1.165, 1.54) is 36.5 Å². The van der Waals surface area contributed by atoms with Crippen molar-refractivity contribution in [1.29, 1.82) is 0 Å². The van der Waals surface area contributed by atoms with Gasteiger partial charge in [0.15, 0.2) is 17.3 Å². The second kappa shape index (κ2) is 6.68. The minimum Gasteiger partial charge on any atom is -0.237 e. The second-order valence-corrected chi connectivity index (χ2v) is 8.64. The number of nitrogens with zero attached hydrogens (tertiary/aromatic N) is 2. The van der Waals surface area contributed by atoms with Crippen LogP contribution in [0.3, 0.4) is 0 Å². The van der Waals surface area contributed by atoms with E-state index in [0.29, 0.717) is 14.7 Å². The maximum atomic E-state index is 14.3. The number of rotatable bonds is 3. The van der Waals surface area contributed by atoms with Crippen LogP contribution in [0.1, 0.15) is 0 Å². The standard InChI is InChI=1S/C19H11F2IN2O2S/c20-16-8-4-7-14(18(16)21)13-9-10-23-19-15(13)11-17(22)24(19)27(25,26)12-5-2-1-3-6-12/h1-11H. The van der Waals surface area contributed by atoms with Crippen LogP contribution < -0.4 is 0 Å². The average molecular weight is 496 g/mol. The van der Waals surface area contributed by atoms with E-state index in [1.807, 2.05) is 22.6 Å². The molecule has 4 rings (SSSR count). The summed E-state index contributed by atoms with van der Waals surface area (Å²) in [5, 5.41) is 0.422. The summed E-state index contributed by atoms with van der Waals surface area (Å²) in [4.78, 5) is 4.31. The van der Waals surface area contributed by atoms with E-state index in [1.54, 1.807) is 24.3 Å². The molecule has 0 aliphatic carbocycles. The van der Waals surface area contributed by atoms with Gasteiger partial charge in [-0.3, -0.25) is 0 Å². The number of pyridine rings is 1. The highest BCUT2D eigenvalue weighted by molar-refractivity contribution is 14.1. The lowest BCUT2D eigenvalue weighted by Gasteiger charge is -2.09. The first-order chi connectivity index (χ1) is 12.9. The van der Waals surface area contributed by atoms with Gasteiger partial charge in [-0.25, -0.2) is 26.2 Å². The van der Waals surface area contributed by atoms with Gasteiger partial charge >= 0.3 is 0 Å². The van der Waals surface area contributed by atoms with E-state index in [4.69, 9.17) is 0 Å². The number of benzene rings is 2. The van der Waals surface area contributed by atoms with Crippen molar-refractivity contribution >= 4 is 43.6 Å². The van der Waals surface area contributed by atoms with Crippen molar-refractivity contribution in [3.8, 4) is 11.1 Å². The molecule has 0 aliphatic rings. The van der Waals surface area contributed by atoms with Crippen LogP contribution in [0.4, 0.5) is 8.78 Å².